The third-order valence-corrected chi connectivity index (χ3v) is 21.1. The van der Waals surface area contributed by atoms with Crippen molar-refractivity contribution >= 4 is 99.8 Å². The van der Waals surface area contributed by atoms with Crippen molar-refractivity contribution in [2.24, 2.45) is 0 Å². The van der Waals surface area contributed by atoms with Gasteiger partial charge in [-0.2, -0.15) is 0 Å². The number of aromatic nitrogens is 1. The largest absolute Gasteiger partial charge is 0.454 e. The zero-order valence-electron chi connectivity index (χ0n) is 50.1. The summed E-state index contributed by atoms with van der Waals surface area (Å²) in [6.07, 6.45) is 0. The molecule has 20 rings (SSSR count). The van der Waals surface area contributed by atoms with Crippen LogP contribution in [0.1, 0.15) is 72.2 Å². The minimum absolute atomic E-state index is 0.239. The SMILES string of the molecule is CC1(C)c2ccccc2-c2ccc(N(c3ccccc3)c3cc4c(c5c3oc3ccccc35)-c3c(cc(N(c5ccccc5)c5ccc6c(c5)C(C)(C)c5ccccc5-6)c5oc6ccccc6c35)C43c4ccccc4-n4c5ccccc5c5cccc3c54)cc21. The van der Waals surface area contributed by atoms with Crippen molar-refractivity contribution in [2.75, 3.05) is 9.80 Å². The fraction of sp³-hybridized carbons (Fsp3) is 0.0824. The first-order valence-electron chi connectivity index (χ1n) is 31.5. The third-order valence-electron chi connectivity index (χ3n) is 21.1. The van der Waals surface area contributed by atoms with E-state index in [2.05, 4.69) is 315 Å². The number of fused-ring (bicyclic) bond motifs is 26. The Balaban J connectivity index is 0.976. The quantitative estimate of drug-likeness (QED) is 0.166. The number of hydrogen-bond donors (Lipinski definition) is 0. The van der Waals surface area contributed by atoms with E-state index in [4.69, 9.17) is 8.83 Å². The van der Waals surface area contributed by atoms with E-state index in [1.807, 2.05) is 0 Å². The second-order valence-corrected chi connectivity index (χ2v) is 26.2. The average Bonchev–Trinajstić information content (AvgIpc) is 1.45. The second kappa shape index (κ2) is 17.6. The Labute approximate surface area is 520 Å². The van der Waals surface area contributed by atoms with E-state index in [9.17, 15) is 0 Å². The first-order valence-corrected chi connectivity index (χ1v) is 31.5. The molecule has 0 atom stereocenters. The van der Waals surface area contributed by atoms with Gasteiger partial charge in [-0.3, -0.25) is 0 Å². The lowest BCUT2D eigenvalue weighted by molar-refractivity contribution is 0.660. The van der Waals surface area contributed by atoms with Gasteiger partial charge < -0.3 is 23.2 Å². The topological polar surface area (TPSA) is 37.7 Å². The number of hydrogen-bond acceptors (Lipinski definition) is 4. The Morgan fingerprint density at radius 3 is 1.28 bits per heavy atom. The molecule has 0 fully saturated rings. The molecule has 0 N–H and O–H groups in total. The van der Waals surface area contributed by atoms with E-state index in [1.165, 1.54) is 88.6 Å². The summed E-state index contributed by atoms with van der Waals surface area (Å²) in [5.41, 5.74) is 29.0. The molecular formula is C85H57N3O2. The summed E-state index contributed by atoms with van der Waals surface area (Å²) >= 11 is 0. The average molecular weight is 1150 g/mol. The van der Waals surface area contributed by atoms with Gasteiger partial charge >= 0.3 is 0 Å². The van der Waals surface area contributed by atoms with E-state index in [0.717, 1.165) is 94.8 Å². The number of para-hydroxylation sites is 7. The van der Waals surface area contributed by atoms with Gasteiger partial charge in [0.05, 0.1) is 33.5 Å². The van der Waals surface area contributed by atoms with Crippen LogP contribution in [0.25, 0.3) is 105 Å². The fourth-order valence-electron chi connectivity index (χ4n) is 17.3. The zero-order valence-corrected chi connectivity index (χ0v) is 50.1. The van der Waals surface area contributed by atoms with Crippen LogP contribution in [0.5, 0.6) is 0 Å². The molecule has 0 saturated heterocycles. The van der Waals surface area contributed by atoms with Crippen LogP contribution in [0.4, 0.5) is 34.1 Å². The Morgan fingerprint density at radius 1 is 0.311 bits per heavy atom. The van der Waals surface area contributed by atoms with Crippen LogP contribution < -0.4 is 9.80 Å². The van der Waals surface area contributed by atoms with Gasteiger partial charge in [-0.1, -0.05) is 216 Å². The molecule has 16 aromatic rings. The highest BCUT2D eigenvalue weighted by Gasteiger charge is 2.54. The highest BCUT2D eigenvalue weighted by Crippen LogP contribution is 2.68. The van der Waals surface area contributed by atoms with E-state index >= 15 is 0 Å². The van der Waals surface area contributed by atoms with Gasteiger partial charge in [-0.05, 0) is 163 Å². The summed E-state index contributed by atoms with van der Waals surface area (Å²) in [6, 6.07) is 102. The van der Waals surface area contributed by atoms with Crippen LogP contribution in [0.2, 0.25) is 0 Å². The molecule has 13 aromatic carbocycles. The summed E-state index contributed by atoms with van der Waals surface area (Å²) in [7, 11) is 0. The molecule has 1 aliphatic heterocycles. The molecule has 3 aliphatic carbocycles. The molecule has 5 nitrogen and oxygen atoms in total. The summed E-state index contributed by atoms with van der Waals surface area (Å²) in [6.45, 7) is 9.50. The Bertz CT molecular complexity index is 5540. The normalized spacial score (nSPS) is 14.7. The number of furan rings is 2. The molecule has 90 heavy (non-hydrogen) atoms. The Hall–Kier alpha value is -11.1. The first kappa shape index (κ1) is 49.9. The minimum atomic E-state index is -0.943. The van der Waals surface area contributed by atoms with Crippen LogP contribution >= 0.6 is 0 Å². The van der Waals surface area contributed by atoms with Crippen molar-refractivity contribution in [2.45, 2.75) is 43.9 Å². The van der Waals surface area contributed by atoms with Gasteiger partial charge in [-0.15, -0.1) is 0 Å². The highest BCUT2D eigenvalue weighted by atomic mass is 16.3. The smallest absolute Gasteiger partial charge is 0.160 e. The van der Waals surface area contributed by atoms with Crippen molar-refractivity contribution in [1.29, 1.82) is 0 Å². The molecule has 3 aromatic heterocycles. The standard InChI is InChI=1S/C85H57N3O2/c1-83(2)62-34-16-11-28-54(62)56-44-42-52(46-66(56)83)86(50-24-7-5-8-25-50)72-48-68-78(76-60-31-14-21-40-74(60)89-81(72)76)79-69(85(68)64-36-18-20-39-71(64)88-70-38-19-13-30-58(70)59-33-23-37-65(85)80(59)88)49-73(82-77(79)61-32-15-22-41-75(61)90-82)87(51-26-9-6-10-27-51)53-43-45-57-55-29-12-17-35-63(55)84(3,4)67(57)47-53/h5-49H,1-4H3. The molecule has 1 spiro atoms. The minimum Gasteiger partial charge on any atom is -0.454 e. The van der Waals surface area contributed by atoms with Gasteiger partial charge in [-0.25, -0.2) is 0 Å². The number of anilines is 6. The van der Waals surface area contributed by atoms with E-state index in [0.29, 0.717) is 0 Å². The first-order chi connectivity index (χ1) is 44.2. The van der Waals surface area contributed by atoms with Crippen molar-refractivity contribution in [3.63, 3.8) is 0 Å². The van der Waals surface area contributed by atoms with Crippen molar-refractivity contribution in [3.8, 4) is 39.1 Å². The summed E-state index contributed by atoms with van der Waals surface area (Å²) in [5, 5.41) is 6.70. The summed E-state index contributed by atoms with van der Waals surface area (Å²) in [5.74, 6) is 0. The van der Waals surface area contributed by atoms with Crippen LogP contribution in [-0.2, 0) is 16.2 Å². The van der Waals surface area contributed by atoms with Crippen LogP contribution in [0, 0.1) is 0 Å². The number of nitrogens with zero attached hydrogens (tertiary/aromatic N) is 3. The lowest BCUT2D eigenvalue weighted by Gasteiger charge is -2.40. The summed E-state index contributed by atoms with van der Waals surface area (Å²) < 4.78 is 17.7. The van der Waals surface area contributed by atoms with E-state index in [1.54, 1.807) is 0 Å². The van der Waals surface area contributed by atoms with Gasteiger partial charge in [0, 0.05) is 65.9 Å². The van der Waals surface area contributed by atoms with Crippen molar-refractivity contribution in [3.05, 3.63) is 317 Å². The highest BCUT2D eigenvalue weighted by molar-refractivity contribution is 6.28. The Kier molecular flexibility index (Phi) is 9.74. The van der Waals surface area contributed by atoms with Crippen LogP contribution in [0.3, 0.4) is 0 Å². The molecule has 0 bridgehead atoms. The van der Waals surface area contributed by atoms with Crippen LogP contribution in [-0.4, -0.2) is 4.57 Å². The molecule has 424 valence electrons. The summed E-state index contributed by atoms with van der Waals surface area (Å²) in [4.78, 5) is 4.96. The molecule has 4 heterocycles. The lowest BCUT2D eigenvalue weighted by atomic mass is 9.65. The maximum absolute atomic E-state index is 7.59. The Morgan fingerprint density at radius 2 is 0.733 bits per heavy atom. The van der Waals surface area contributed by atoms with Crippen LogP contribution in [0.15, 0.2) is 282 Å². The van der Waals surface area contributed by atoms with E-state index < -0.39 is 5.41 Å². The van der Waals surface area contributed by atoms with E-state index in [-0.39, 0.29) is 10.8 Å². The maximum atomic E-state index is 7.59. The molecule has 0 saturated carbocycles. The van der Waals surface area contributed by atoms with Crippen molar-refractivity contribution in [1.82, 2.24) is 4.57 Å². The predicted octanol–water partition coefficient (Wildman–Crippen LogP) is 22.8. The molecule has 0 radical (unpaired) electrons. The predicted molar refractivity (Wildman–Crippen MR) is 371 cm³/mol. The second-order valence-electron chi connectivity index (χ2n) is 26.2. The fourth-order valence-corrected chi connectivity index (χ4v) is 17.3. The lowest BCUT2D eigenvalue weighted by Crippen LogP contribution is -2.34. The molecular weight excluding hydrogens is 1090 g/mol. The molecule has 0 unspecified atom stereocenters. The van der Waals surface area contributed by atoms with Gasteiger partial charge in [0.15, 0.2) is 11.2 Å². The third kappa shape index (κ3) is 6.21. The van der Waals surface area contributed by atoms with Gasteiger partial charge in [0.1, 0.15) is 11.2 Å². The number of benzene rings is 13. The van der Waals surface area contributed by atoms with Crippen molar-refractivity contribution < 1.29 is 8.83 Å². The zero-order chi connectivity index (χ0) is 59.5. The van der Waals surface area contributed by atoms with Gasteiger partial charge in [0.2, 0.25) is 0 Å². The molecule has 4 aliphatic rings. The number of rotatable bonds is 6. The van der Waals surface area contributed by atoms with Gasteiger partial charge in [0.25, 0.3) is 0 Å². The maximum Gasteiger partial charge on any atom is 0.160 e. The molecule has 5 heteroatoms. The monoisotopic (exact) mass is 1150 g/mol. The molecule has 0 amide bonds.